The predicted octanol–water partition coefficient (Wildman–Crippen LogP) is 3.15. The molecule has 0 aromatic carbocycles. The number of methoxy groups -OCH3 is 1. The van der Waals surface area contributed by atoms with Crippen LogP contribution in [0.5, 0.6) is 0 Å². The first-order chi connectivity index (χ1) is 9.46. The monoisotopic (exact) mass is 279 g/mol. The third-order valence-electron chi connectivity index (χ3n) is 4.98. The van der Waals surface area contributed by atoms with Crippen molar-refractivity contribution in [3.05, 3.63) is 18.0 Å². The van der Waals surface area contributed by atoms with E-state index in [1.165, 1.54) is 18.4 Å². The van der Waals surface area contributed by atoms with Crippen molar-refractivity contribution >= 4 is 0 Å². The van der Waals surface area contributed by atoms with Crippen molar-refractivity contribution < 1.29 is 4.74 Å². The number of aryl methyl sites for hydroxylation is 1. The Balaban J connectivity index is 2.23. The zero-order valence-corrected chi connectivity index (χ0v) is 13.6. The third kappa shape index (κ3) is 2.91. The molecule has 0 amide bonds. The molecule has 1 fully saturated rings. The highest BCUT2D eigenvalue weighted by Gasteiger charge is 2.44. The van der Waals surface area contributed by atoms with Gasteiger partial charge in [0.15, 0.2) is 0 Å². The molecule has 1 atom stereocenters. The summed E-state index contributed by atoms with van der Waals surface area (Å²) >= 11 is 0. The highest BCUT2D eigenvalue weighted by atomic mass is 16.5. The summed E-state index contributed by atoms with van der Waals surface area (Å²) in [6, 6.07) is 0.212. The van der Waals surface area contributed by atoms with Gasteiger partial charge in [-0.2, -0.15) is 5.10 Å². The van der Waals surface area contributed by atoms with Gasteiger partial charge in [-0.1, -0.05) is 13.8 Å². The summed E-state index contributed by atoms with van der Waals surface area (Å²) in [7, 11) is 3.88. The minimum atomic E-state index is -0.105. The number of nitrogens with zero attached hydrogens (tertiary/aromatic N) is 2. The highest BCUT2D eigenvalue weighted by Crippen LogP contribution is 2.47. The molecule has 4 heteroatoms. The van der Waals surface area contributed by atoms with Gasteiger partial charge in [-0.3, -0.25) is 4.68 Å². The van der Waals surface area contributed by atoms with Crippen LogP contribution in [0, 0.1) is 5.41 Å². The van der Waals surface area contributed by atoms with Crippen molar-refractivity contribution in [3.63, 3.8) is 0 Å². The minimum absolute atomic E-state index is 0.105. The summed E-state index contributed by atoms with van der Waals surface area (Å²) in [5, 5.41) is 7.88. The number of rotatable bonds is 5. The maximum Gasteiger partial charge on any atom is 0.0874 e. The molecule has 1 saturated carbocycles. The molecule has 4 nitrogen and oxygen atoms in total. The van der Waals surface area contributed by atoms with E-state index < -0.39 is 0 Å². The molecule has 0 bridgehead atoms. The van der Waals surface area contributed by atoms with Crippen LogP contribution in [0.3, 0.4) is 0 Å². The Hall–Kier alpha value is -0.870. The first kappa shape index (κ1) is 15.5. The first-order valence-corrected chi connectivity index (χ1v) is 7.71. The summed E-state index contributed by atoms with van der Waals surface area (Å²) in [5.74, 6) is 0. The highest BCUT2D eigenvalue weighted by molar-refractivity contribution is 5.17. The molecule has 1 aromatic rings. The standard InChI is InChI=1S/C16H29N3O/c1-6-19-12-13(11-18-19)14(17-4)16(20-5)9-7-15(2,3)8-10-16/h11-12,14,17H,6-10H2,1-5H3. The summed E-state index contributed by atoms with van der Waals surface area (Å²) in [5.41, 5.74) is 1.57. The molecule has 0 saturated heterocycles. The fourth-order valence-electron chi connectivity index (χ4n) is 3.40. The molecule has 0 radical (unpaired) electrons. The molecule has 1 aliphatic rings. The van der Waals surface area contributed by atoms with Gasteiger partial charge < -0.3 is 10.1 Å². The topological polar surface area (TPSA) is 39.1 Å². The van der Waals surface area contributed by atoms with Crippen LogP contribution in [-0.4, -0.2) is 29.5 Å². The fourth-order valence-corrected chi connectivity index (χ4v) is 3.40. The molecule has 2 rings (SSSR count). The zero-order valence-electron chi connectivity index (χ0n) is 13.6. The molecular formula is C16H29N3O. The van der Waals surface area contributed by atoms with Crippen molar-refractivity contribution in [1.82, 2.24) is 15.1 Å². The Morgan fingerprint density at radius 3 is 2.45 bits per heavy atom. The average Bonchev–Trinajstić information content (AvgIpc) is 2.90. The van der Waals surface area contributed by atoms with Crippen molar-refractivity contribution in [2.75, 3.05) is 14.2 Å². The lowest BCUT2D eigenvalue weighted by atomic mass is 9.67. The lowest BCUT2D eigenvalue weighted by Crippen LogP contribution is -2.48. The molecule has 20 heavy (non-hydrogen) atoms. The lowest BCUT2D eigenvalue weighted by Gasteiger charge is -2.46. The van der Waals surface area contributed by atoms with E-state index in [2.05, 4.69) is 37.4 Å². The number of likely N-dealkylation sites (N-methyl/N-ethyl adjacent to an activating group) is 1. The lowest BCUT2D eigenvalue weighted by molar-refractivity contribution is -0.0862. The first-order valence-electron chi connectivity index (χ1n) is 7.71. The number of hydrogen-bond donors (Lipinski definition) is 1. The average molecular weight is 279 g/mol. The quantitative estimate of drug-likeness (QED) is 0.900. The zero-order chi connectivity index (χ0) is 14.8. The molecule has 114 valence electrons. The molecule has 1 aliphatic carbocycles. The van der Waals surface area contributed by atoms with Crippen molar-refractivity contribution in [2.45, 2.75) is 64.6 Å². The summed E-state index contributed by atoms with van der Waals surface area (Å²) < 4.78 is 8.00. The fraction of sp³-hybridized carbons (Fsp3) is 0.812. The predicted molar refractivity (Wildman–Crippen MR) is 81.7 cm³/mol. The Labute approximate surface area is 122 Å². The van der Waals surface area contributed by atoms with Crippen LogP contribution in [0.1, 0.15) is 58.1 Å². The number of ether oxygens (including phenoxy) is 1. The SMILES string of the molecule is CCn1cc(C(NC)C2(OC)CCC(C)(C)CC2)cn1. The smallest absolute Gasteiger partial charge is 0.0874 e. The van der Waals surface area contributed by atoms with Crippen molar-refractivity contribution in [3.8, 4) is 0 Å². The Kier molecular flexibility index (Phi) is 4.55. The summed E-state index contributed by atoms with van der Waals surface area (Å²) in [4.78, 5) is 0. The van der Waals surface area contributed by atoms with Crippen LogP contribution in [0.4, 0.5) is 0 Å². The number of hydrogen-bond acceptors (Lipinski definition) is 3. The van der Waals surface area contributed by atoms with Gasteiger partial charge in [-0.25, -0.2) is 0 Å². The van der Waals surface area contributed by atoms with E-state index in [1.807, 2.05) is 25.0 Å². The summed E-state index contributed by atoms with van der Waals surface area (Å²) in [6.45, 7) is 7.73. The third-order valence-corrected chi connectivity index (χ3v) is 4.98. The Bertz CT molecular complexity index is 429. The second kappa shape index (κ2) is 5.86. The van der Waals surface area contributed by atoms with Gasteiger partial charge in [0.1, 0.15) is 0 Å². The summed E-state index contributed by atoms with van der Waals surface area (Å²) in [6.07, 6.45) is 8.73. The second-order valence-electron chi connectivity index (χ2n) is 6.78. The minimum Gasteiger partial charge on any atom is -0.376 e. The Morgan fingerprint density at radius 2 is 2.00 bits per heavy atom. The van der Waals surface area contributed by atoms with Gasteiger partial charge in [0.2, 0.25) is 0 Å². The van der Waals surface area contributed by atoms with E-state index in [-0.39, 0.29) is 11.6 Å². The van der Waals surface area contributed by atoms with Gasteiger partial charge in [-0.15, -0.1) is 0 Å². The molecule has 1 unspecified atom stereocenters. The maximum absolute atomic E-state index is 6.02. The van der Waals surface area contributed by atoms with Crippen LogP contribution in [-0.2, 0) is 11.3 Å². The van der Waals surface area contributed by atoms with Gasteiger partial charge in [0.25, 0.3) is 0 Å². The van der Waals surface area contributed by atoms with Gasteiger partial charge in [0, 0.05) is 25.4 Å². The molecular weight excluding hydrogens is 250 g/mol. The van der Waals surface area contributed by atoms with Gasteiger partial charge >= 0.3 is 0 Å². The normalized spacial score (nSPS) is 22.6. The van der Waals surface area contributed by atoms with Crippen LogP contribution < -0.4 is 5.32 Å². The molecule has 1 aromatic heterocycles. The molecule has 0 aliphatic heterocycles. The second-order valence-corrected chi connectivity index (χ2v) is 6.78. The van der Waals surface area contributed by atoms with Gasteiger partial charge in [0.05, 0.1) is 17.8 Å². The van der Waals surface area contributed by atoms with E-state index >= 15 is 0 Å². The van der Waals surface area contributed by atoms with E-state index in [0.29, 0.717) is 5.41 Å². The molecule has 1 N–H and O–H groups in total. The van der Waals surface area contributed by atoms with Crippen molar-refractivity contribution in [1.29, 1.82) is 0 Å². The van der Waals surface area contributed by atoms with Gasteiger partial charge in [-0.05, 0) is 45.1 Å². The number of aromatic nitrogens is 2. The van der Waals surface area contributed by atoms with Crippen LogP contribution >= 0.6 is 0 Å². The van der Waals surface area contributed by atoms with E-state index in [1.54, 1.807) is 0 Å². The number of nitrogens with one attached hydrogen (secondary N) is 1. The molecule has 0 spiro atoms. The van der Waals surface area contributed by atoms with E-state index in [0.717, 1.165) is 19.4 Å². The van der Waals surface area contributed by atoms with Crippen LogP contribution in [0.15, 0.2) is 12.4 Å². The van der Waals surface area contributed by atoms with Crippen LogP contribution in [0.2, 0.25) is 0 Å². The Morgan fingerprint density at radius 1 is 1.35 bits per heavy atom. The van der Waals surface area contributed by atoms with Crippen molar-refractivity contribution in [2.24, 2.45) is 5.41 Å². The van der Waals surface area contributed by atoms with E-state index in [9.17, 15) is 0 Å². The van der Waals surface area contributed by atoms with E-state index in [4.69, 9.17) is 4.74 Å². The largest absolute Gasteiger partial charge is 0.376 e. The molecule has 1 heterocycles. The maximum atomic E-state index is 6.02. The van der Waals surface area contributed by atoms with Crippen LogP contribution in [0.25, 0.3) is 0 Å².